The van der Waals surface area contributed by atoms with E-state index < -0.39 is 5.97 Å². The number of benzene rings is 3. The van der Waals surface area contributed by atoms with E-state index in [-0.39, 0.29) is 18.5 Å². The average Bonchev–Trinajstić information content (AvgIpc) is 2.69. The van der Waals surface area contributed by atoms with E-state index >= 15 is 0 Å². The maximum absolute atomic E-state index is 14.4. The number of hydrogen-bond acceptors (Lipinski definition) is 3. The van der Waals surface area contributed by atoms with Gasteiger partial charge in [0.05, 0.1) is 6.10 Å². The van der Waals surface area contributed by atoms with Crippen LogP contribution >= 0.6 is 0 Å². The number of hydrogen-bond donors (Lipinski definition) is 1. The molecule has 0 heterocycles. The molecule has 0 amide bonds. The summed E-state index contributed by atoms with van der Waals surface area (Å²) in [6.45, 7) is -0.253. The molecule has 3 aromatic rings. The van der Waals surface area contributed by atoms with Gasteiger partial charge in [0.1, 0.15) is 23.9 Å². The summed E-state index contributed by atoms with van der Waals surface area (Å²) in [5.74, 6) is 0.377. The van der Waals surface area contributed by atoms with Crippen LogP contribution in [0.25, 0.3) is 11.1 Å². The first-order valence-electron chi connectivity index (χ1n) is 9.54. The number of carboxylic acid groups (broad SMARTS) is 1. The fraction of sp³-hybridized carbons (Fsp3) is 0.208. The number of carboxylic acids is 1. The van der Waals surface area contributed by atoms with Crippen molar-refractivity contribution in [3.8, 4) is 22.6 Å². The Morgan fingerprint density at radius 3 is 2.38 bits per heavy atom. The molecule has 0 aromatic heterocycles. The van der Waals surface area contributed by atoms with E-state index in [1.807, 2.05) is 54.6 Å². The van der Waals surface area contributed by atoms with Crippen molar-refractivity contribution in [2.45, 2.75) is 24.9 Å². The molecule has 0 atom stereocenters. The van der Waals surface area contributed by atoms with Crippen LogP contribution in [0.3, 0.4) is 0 Å². The molecular weight excluding hydrogens is 371 g/mol. The van der Waals surface area contributed by atoms with Crippen LogP contribution in [0.15, 0.2) is 72.8 Å². The zero-order chi connectivity index (χ0) is 20.2. The van der Waals surface area contributed by atoms with Gasteiger partial charge in [-0.1, -0.05) is 42.5 Å². The Bertz CT molecular complexity index is 980. The smallest absolute Gasteiger partial charge is 0.329 e. The molecule has 1 aliphatic carbocycles. The first-order chi connectivity index (χ1) is 14.1. The summed E-state index contributed by atoms with van der Waals surface area (Å²) in [5, 5.41) is 8.66. The lowest BCUT2D eigenvalue weighted by Gasteiger charge is -2.35. The van der Waals surface area contributed by atoms with Crippen LogP contribution in [0.5, 0.6) is 11.5 Å². The Hall–Kier alpha value is -3.18. The van der Waals surface area contributed by atoms with Crippen molar-refractivity contribution < 1.29 is 23.8 Å². The van der Waals surface area contributed by atoms with Crippen LogP contribution in [0, 0.1) is 5.82 Å². The van der Waals surface area contributed by atoms with Gasteiger partial charge >= 0.3 is 5.97 Å². The number of ether oxygens (including phenoxy) is 2. The maximum atomic E-state index is 14.4. The number of aliphatic carboxylic acids is 1. The quantitative estimate of drug-likeness (QED) is 0.566. The summed E-state index contributed by atoms with van der Waals surface area (Å²) in [6, 6.07) is 21.9. The SMILES string of the molecule is O=C(O)COC1CC(c2ccc(-c3cc(Oc4ccccc4)ccc3F)cc2)C1. The number of carbonyl (C=O) groups is 1. The van der Waals surface area contributed by atoms with E-state index in [0.717, 1.165) is 24.0 Å². The molecule has 0 unspecified atom stereocenters. The van der Waals surface area contributed by atoms with Crippen LogP contribution in [0.1, 0.15) is 24.3 Å². The Labute approximate surface area is 168 Å². The molecule has 1 N–H and O–H groups in total. The predicted molar refractivity (Wildman–Crippen MR) is 108 cm³/mol. The monoisotopic (exact) mass is 392 g/mol. The summed E-state index contributed by atoms with van der Waals surface area (Å²) in [6.07, 6.45) is 1.61. The fourth-order valence-electron chi connectivity index (χ4n) is 3.51. The highest BCUT2D eigenvalue weighted by Gasteiger charge is 2.31. The summed E-state index contributed by atoms with van der Waals surface area (Å²) < 4.78 is 25.5. The molecule has 4 nitrogen and oxygen atoms in total. The van der Waals surface area contributed by atoms with Crippen molar-refractivity contribution in [1.82, 2.24) is 0 Å². The zero-order valence-electron chi connectivity index (χ0n) is 15.8. The standard InChI is InChI=1S/C24H21FO4/c25-23-11-10-20(29-19-4-2-1-3-5-19)14-22(23)17-8-6-16(7-9-17)18-12-21(13-18)28-15-24(26)27/h1-11,14,18,21H,12-13,15H2,(H,26,27). The molecule has 0 aliphatic heterocycles. The number of para-hydroxylation sites is 1. The molecule has 29 heavy (non-hydrogen) atoms. The van der Waals surface area contributed by atoms with Gasteiger partial charge in [-0.3, -0.25) is 0 Å². The van der Waals surface area contributed by atoms with Gasteiger partial charge in [-0.25, -0.2) is 9.18 Å². The summed E-state index contributed by atoms with van der Waals surface area (Å²) >= 11 is 0. The third-order valence-electron chi connectivity index (χ3n) is 5.15. The first kappa shape index (κ1) is 19.2. The molecular formula is C24H21FO4. The number of rotatable bonds is 7. The molecule has 4 rings (SSSR count). The van der Waals surface area contributed by atoms with Gasteiger partial charge < -0.3 is 14.6 Å². The maximum Gasteiger partial charge on any atom is 0.329 e. The van der Waals surface area contributed by atoms with Crippen molar-refractivity contribution in [2.75, 3.05) is 6.61 Å². The zero-order valence-corrected chi connectivity index (χ0v) is 15.8. The van der Waals surface area contributed by atoms with E-state index in [2.05, 4.69) is 0 Å². The largest absolute Gasteiger partial charge is 0.480 e. The topological polar surface area (TPSA) is 55.8 Å². The Kier molecular flexibility index (Phi) is 5.58. The van der Waals surface area contributed by atoms with Crippen LogP contribution < -0.4 is 4.74 Å². The number of halogens is 1. The van der Waals surface area contributed by atoms with Crippen molar-refractivity contribution in [3.05, 3.63) is 84.2 Å². The Balaban J connectivity index is 1.44. The van der Waals surface area contributed by atoms with Crippen LogP contribution in [0.4, 0.5) is 4.39 Å². The summed E-state index contributed by atoms with van der Waals surface area (Å²) in [5.41, 5.74) is 2.42. The molecule has 1 saturated carbocycles. The minimum atomic E-state index is -0.946. The molecule has 0 bridgehead atoms. The van der Waals surface area contributed by atoms with Gasteiger partial charge in [0.15, 0.2) is 0 Å². The third kappa shape index (κ3) is 4.63. The molecule has 1 aliphatic rings. The molecule has 1 fully saturated rings. The molecule has 0 spiro atoms. The highest BCUT2D eigenvalue weighted by atomic mass is 19.1. The second-order valence-electron chi connectivity index (χ2n) is 7.17. The summed E-state index contributed by atoms with van der Waals surface area (Å²) in [7, 11) is 0. The van der Waals surface area contributed by atoms with Crippen molar-refractivity contribution in [3.63, 3.8) is 0 Å². The second kappa shape index (κ2) is 8.45. The van der Waals surface area contributed by atoms with Crippen molar-refractivity contribution in [2.24, 2.45) is 0 Å². The van der Waals surface area contributed by atoms with Gasteiger partial charge in [-0.15, -0.1) is 0 Å². The highest BCUT2D eigenvalue weighted by Crippen LogP contribution is 2.39. The normalized spacial score (nSPS) is 18.1. The predicted octanol–water partition coefficient (Wildman–Crippen LogP) is 5.63. The van der Waals surface area contributed by atoms with Gasteiger partial charge in [-0.05, 0) is 60.2 Å². The second-order valence-corrected chi connectivity index (χ2v) is 7.17. The van der Waals surface area contributed by atoms with Gasteiger partial charge in [0.2, 0.25) is 0 Å². The molecule has 0 radical (unpaired) electrons. The lowest BCUT2D eigenvalue weighted by Crippen LogP contribution is -2.31. The average molecular weight is 392 g/mol. The van der Waals surface area contributed by atoms with E-state index in [1.165, 1.54) is 6.07 Å². The van der Waals surface area contributed by atoms with E-state index in [1.54, 1.807) is 12.1 Å². The third-order valence-corrected chi connectivity index (χ3v) is 5.15. The Morgan fingerprint density at radius 1 is 0.966 bits per heavy atom. The molecule has 148 valence electrons. The van der Waals surface area contributed by atoms with Gasteiger partial charge in [0, 0.05) is 5.56 Å². The fourth-order valence-corrected chi connectivity index (χ4v) is 3.51. The van der Waals surface area contributed by atoms with Crippen LogP contribution in [-0.4, -0.2) is 23.8 Å². The van der Waals surface area contributed by atoms with Gasteiger partial charge in [0.25, 0.3) is 0 Å². The van der Waals surface area contributed by atoms with Gasteiger partial charge in [-0.2, -0.15) is 0 Å². The molecule has 3 aromatic carbocycles. The van der Waals surface area contributed by atoms with Crippen molar-refractivity contribution in [1.29, 1.82) is 0 Å². The van der Waals surface area contributed by atoms with Crippen molar-refractivity contribution >= 4 is 5.97 Å². The van der Waals surface area contributed by atoms with Crippen LogP contribution in [0.2, 0.25) is 0 Å². The summed E-state index contributed by atoms with van der Waals surface area (Å²) in [4.78, 5) is 10.6. The highest BCUT2D eigenvalue weighted by molar-refractivity contribution is 5.68. The first-order valence-corrected chi connectivity index (χ1v) is 9.54. The molecule has 5 heteroatoms. The van der Waals surface area contributed by atoms with Crippen LogP contribution in [-0.2, 0) is 9.53 Å². The van der Waals surface area contributed by atoms with E-state index in [0.29, 0.717) is 23.0 Å². The minimum Gasteiger partial charge on any atom is -0.480 e. The lowest BCUT2D eigenvalue weighted by molar-refractivity contribution is -0.146. The minimum absolute atomic E-state index is 0.0000350. The van der Waals surface area contributed by atoms with E-state index in [4.69, 9.17) is 14.6 Å². The molecule has 0 saturated heterocycles. The Morgan fingerprint density at radius 2 is 1.69 bits per heavy atom. The lowest BCUT2D eigenvalue weighted by atomic mass is 9.77. The van der Waals surface area contributed by atoms with E-state index in [9.17, 15) is 9.18 Å².